The minimum atomic E-state index is -0.444. The van der Waals surface area contributed by atoms with E-state index in [0.717, 1.165) is 5.56 Å². The molecule has 0 spiro atoms. The Kier molecular flexibility index (Phi) is 4.49. The number of halogens is 1. The Labute approximate surface area is 116 Å². The Morgan fingerprint density at radius 2 is 2.05 bits per heavy atom. The van der Waals surface area contributed by atoms with Gasteiger partial charge in [0.25, 0.3) is 5.91 Å². The van der Waals surface area contributed by atoms with Crippen LogP contribution in [0.1, 0.15) is 22.0 Å². The van der Waals surface area contributed by atoms with Gasteiger partial charge in [-0.2, -0.15) is 0 Å². The monoisotopic (exact) mass is 276 g/mol. The topological polar surface area (TPSA) is 62.2 Å². The Morgan fingerprint density at radius 3 is 2.68 bits per heavy atom. The maximum Gasteiger partial charge on any atom is 0.252 e. The van der Waals surface area contributed by atoms with E-state index in [9.17, 15) is 9.90 Å². The molecule has 2 aromatic rings. The van der Waals surface area contributed by atoms with Crippen LogP contribution in [0.15, 0.2) is 48.7 Å². The molecule has 2 rings (SSSR count). The molecule has 1 aromatic heterocycles. The van der Waals surface area contributed by atoms with E-state index in [2.05, 4.69) is 10.3 Å². The number of carbonyl (C=O) groups excluding carboxylic acids is 1. The van der Waals surface area contributed by atoms with E-state index in [-0.39, 0.29) is 17.7 Å². The van der Waals surface area contributed by atoms with Crippen LogP contribution in [-0.4, -0.2) is 22.6 Å². The van der Waals surface area contributed by atoms with Gasteiger partial charge in [0.1, 0.15) is 5.15 Å². The summed E-state index contributed by atoms with van der Waals surface area (Å²) in [6.07, 6.45) is 1.47. The van der Waals surface area contributed by atoms with Gasteiger partial charge in [-0.25, -0.2) is 4.98 Å². The molecule has 1 amide bonds. The number of hydrogen-bond donors (Lipinski definition) is 2. The first-order chi connectivity index (χ1) is 9.20. The normalized spacial score (nSPS) is 11.9. The van der Waals surface area contributed by atoms with Crippen molar-refractivity contribution in [3.05, 3.63) is 64.9 Å². The molecule has 0 aliphatic heterocycles. The maximum absolute atomic E-state index is 12.0. The zero-order valence-corrected chi connectivity index (χ0v) is 10.8. The van der Waals surface area contributed by atoms with Crippen molar-refractivity contribution in [1.29, 1.82) is 0 Å². The van der Waals surface area contributed by atoms with Gasteiger partial charge in [-0.3, -0.25) is 4.79 Å². The van der Waals surface area contributed by atoms with E-state index in [4.69, 9.17) is 11.6 Å². The van der Waals surface area contributed by atoms with Crippen LogP contribution < -0.4 is 5.32 Å². The molecule has 1 unspecified atom stereocenters. The molecule has 0 fully saturated rings. The summed E-state index contributed by atoms with van der Waals surface area (Å²) in [4.78, 5) is 15.8. The van der Waals surface area contributed by atoms with E-state index in [0.29, 0.717) is 5.56 Å². The highest BCUT2D eigenvalue weighted by molar-refractivity contribution is 6.29. The highest BCUT2D eigenvalue weighted by Gasteiger charge is 2.14. The third-order valence-electron chi connectivity index (χ3n) is 2.68. The van der Waals surface area contributed by atoms with Crippen molar-refractivity contribution in [2.45, 2.75) is 6.04 Å². The predicted octanol–water partition coefficient (Wildman–Crippen LogP) is 2.20. The van der Waals surface area contributed by atoms with Crippen molar-refractivity contribution in [3.8, 4) is 0 Å². The van der Waals surface area contributed by atoms with Crippen LogP contribution in [0.4, 0.5) is 0 Å². The van der Waals surface area contributed by atoms with Crippen molar-refractivity contribution in [2.75, 3.05) is 6.61 Å². The average Bonchev–Trinajstić information content (AvgIpc) is 2.45. The number of nitrogens with zero attached hydrogens (tertiary/aromatic N) is 1. The lowest BCUT2D eigenvalue weighted by atomic mass is 10.1. The van der Waals surface area contributed by atoms with E-state index < -0.39 is 6.04 Å². The first-order valence-electron chi connectivity index (χ1n) is 5.79. The van der Waals surface area contributed by atoms with Gasteiger partial charge in [0, 0.05) is 11.8 Å². The first kappa shape index (κ1) is 13.5. The van der Waals surface area contributed by atoms with Crippen LogP contribution in [0.25, 0.3) is 0 Å². The van der Waals surface area contributed by atoms with Gasteiger partial charge >= 0.3 is 0 Å². The summed E-state index contributed by atoms with van der Waals surface area (Å²) >= 11 is 5.74. The summed E-state index contributed by atoms with van der Waals surface area (Å²) in [5.41, 5.74) is 1.26. The van der Waals surface area contributed by atoms with Crippen LogP contribution in [0, 0.1) is 0 Å². The number of pyridine rings is 1. The Morgan fingerprint density at radius 1 is 1.32 bits per heavy atom. The number of benzene rings is 1. The molecule has 5 heteroatoms. The molecule has 0 aliphatic rings. The third kappa shape index (κ3) is 3.53. The Balaban J connectivity index is 2.13. The summed E-state index contributed by atoms with van der Waals surface area (Å²) in [5, 5.41) is 12.4. The van der Waals surface area contributed by atoms with Gasteiger partial charge in [-0.05, 0) is 17.7 Å². The molecule has 19 heavy (non-hydrogen) atoms. The number of rotatable bonds is 4. The van der Waals surface area contributed by atoms with Gasteiger partial charge in [-0.1, -0.05) is 41.9 Å². The fraction of sp³-hybridized carbons (Fsp3) is 0.143. The van der Waals surface area contributed by atoms with Gasteiger partial charge in [0.05, 0.1) is 12.6 Å². The molecule has 0 radical (unpaired) electrons. The molecule has 1 heterocycles. The fourth-order valence-corrected chi connectivity index (χ4v) is 1.88. The molecule has 2 N–H and O–H groups in total. The quantitative estimate of drug-likeness (QED) is 0.842. The molecule has 4 nitrogen and oxygen atoms in total. The highest BCUT2D eigenvalue weighted by Crippen LogP contribution is 2.13. The second kappa shape index (κ2) is 6.31. The maximum atomic E-state index is 12.0. The third-order valence-corrected chi connectivity index (χ3v) is 2.89. The van der Waals surface area contributed by atoms with Crippen molar-refractivity contribution >= 4 is 17.5 Å². The number of aromatic nitrogens is 1. The molecular weight excluding hydrogens is 264 g/mol. The van der Waals surface area contributed by atoms with E-state index in [1.807, 2.05) is 30.3 Å². The van der Waals surface area contributed by atoms with Gasteiger partial charge in [0.2, 0.25) is 0 Å². The van der Waals surface area contributed by atoms with Crippen LogP contribution >= 0.6 is 11.6 Å². The fourth-order valence-electron chi connectivity index (χ4n) is 1.71. The van der Waals surface area contributed by atoms with Gasteiger partial charge < -0.3 is 10.4 Å². The summed E-state index contributed by atoms with van der Waals surface area (Å²) in [5.74, 6) is -0.299. The molecule has 1 aromatic carbocycles. The zero-order chi connectivity index (χ0) is 13.7. The van der Waals surface area contributed by atoms with E-state index >= 15 is 0 Å². The zero-order valence-electron chi connectivity index (χ0n) is 10.1. The van der Waals surface area contributed by atoms with Crippen molar-refractivity contribution in [3.63, 3.8) is 0 Å². The Hall–Kier alpha value is -1.91. The molecule has 0 saturated heterocycles. The van der Waals surface area contributed by atoms with E-state index in [1.165, 1.54) is 12.3 Å². The van der Waals surface area contributed by atoms with Crippen LogP contribution in [0.5, 0.6) is 0 Å². The lowest BCUT2D eigenvalue weighted by Crippen LogP contribution is -2.30. The molecule has 1 atom stereocenters. The second-order valence-corrected chi connectivity index (χ2v) is 4.37. The smallest absolute Gasteiger partial charge is 0.252 e. The number of hydrogen-bond acceptors (Lipinski definition) is 3. The van der Waals surface area contributed by atoms with Crippen LogP contribution in [0.2, 0.25) is 5.15 Å². The predicted molar refractivity (Wildman–Crippen MR) is 73.0 cm³/mol. The largest absolute Gasteiger partial charge is 0.394 e. The van der Waals surface area contributed by atoms with Gasteiger partial charge in [-0.15, -0.1) is 0 Å². The average molecular weight is 277 g/mol. The number of aliphatic hydroxyl groups excluding tert-OH is 1. The summed E-state index contributed by atoms with van der Waals surface area (Å²) in [6, 6.07) is 11.9. The number of amides is 1. The van der Waals surface area contributed by atoms with Crippen LogP contribution in [-0.2, 0) is 0 Å². The molecule has 0 bridgehead atoms. The summed E-state index contributed by atoms with van der Waals surface area (Å²) < 4.78 is 0. The Bertz CT molecular complexity index is 560. The van der Waals surface area contributed by atoms with E-state index in [1.54, 1.807) is 6.07 Å². The molecule has 0 saturated carbocycles. The standard InChI is InChI=1S/C14H13ClN2O2/c15-13-8-11(6-7-16-13)14(19)17-12(9-18)10-4-2-1-3-5-10/h1-8,12,18H,9H2,(H,17,19). The van der Waals surface area contributed by atoms with Crippen molar-refractivity contribution in [1.82, 2.24) is 10.3 Å². The highest BCUT2D eigenvalue weighted by atomic mass is 35.5. The first-order valence-corrected chi connectivity index (χ1v) is 6.16. The lowest BCUT2D eigenvalue weighted by Gasteiger charge is -2.16. The summed E-state index contributed by atoms with van der Waals surface area (Å²) in [7, 11) is 0. The van der Waals surface area contributed by atoms with Gasteiger partial charge in [0.15, 0.2) is 0 Å². The minimum absolute atomic E-state index is 0.172. The number of aliphatic hydroxyl groups is 1. The second-order valence-electron chi connectivity index (χ2n) is 3.99. The molecular formula is C14H13ClN2O2. The number of nitrogens with one attached hydrogen (secondary N) is 1. The van der Waals surface area contributed by atoms with Crippen molar-refractivity contribution < 1.29 is 9.90 Å². The number of carbonyl (C=O) groups is 1. The van der Waals surface area contributed by atoms with Crippen LogP contribution in [0.3, 0.4) is 0 Å². The minimum Gasteiger partial charge on any atom is -0.394 e. The molecule has 0 aliphatic carbocycles. The molecule has 98 valence electrons. The van der Waals surface area contributed by atoms with Crippen molar-refractivity contribution in [2.24, 2.45) is 0 Å². The SMILES string of the molecule is O=C(NC(CO)c1ccccc1)c1ccnc(Cl)c1. The lowest BCUT2D eigenvalue weighted by molar-refractivity contribution is 0.0916. The summed E-state index contributed by atoms with van der Waals surface area (Å²) in [6.45, 7) is -0.172.